The molecule has 4 N–H and O–H groups in total. The van der Waals surface area contributed by atoms with E-state index in [0.29, 0.717) is 11.3 Å². The van der Waals surface area contributed by atoms with Crippen LogP contribution in [0.1, 0.15) is 13.0 Å². The van der Waals surface area contributed by atoms with Gasteiger partial charge in [-0.3, -0.25) is 10.8 Å². The molecular weight excluding hydrogens is 310 g/mol. The van der Waals surface area contributed by atoms with E-state index in [2.05, 4.69) is 34.0 Å². The molecule has 0 radical (unpaired) electrons. The first-order valence-corrected chi connectivity index (χ1v) is 7.49. The minimum atomic E-state index is 0. The number of amidine groups is 1. The topological polar surface area (TPSA) is 86.6 Å². The molecular formula is C20H21N5. The van der Waals surface area contributed by atoms with Gasteiger partial charge in [-0.15, -0.1) is 5.11 Å². The van der Waals surface area contributed by atoms with E-state index in [1.54, 1.807) is 24.3 Å². The molecule has 0 aliphatic heterocycles. The number of benzene rings is 3. The first-order chi connectivity index (χ1) is 11.7. The van der Waals surface area contributed by atoms with Gasteiger partial charge in [0, 0.05) is 5.56 Å². The summed E-state index contributed by atoms with van der Waals surface area (Å²) in [6.07, 6.45) is 0. The van der Waals surface area contributed by atoms with E-state index >= 15 is 0 Å². The largest absolute Gasteiger partial charge is 0.384 e. The maximum absolute atomic E-state index is 7.36. The highest BCUT2D eigenvalue weighted by atomic mass is 15.4. The quantitative estimate of drug-likeness (QED) is 0.253. The van der Waals surface area contributed by atoms with Crippen LogP contribution in [0.4, 0.5) is 11.4 Å². The average Bonchev–Trinajstić information content (AvgIpc) is 2.63. The molecule has 0 heterocycles. The second-order valence-corrected chi connectivity index (χ2v) is 5.22. The van der Waals surface area contributed by atoms with Crippen LogP contribution in [-0.4, -0.2) is 5.84 Å². The molecule has 0 spiro atoms. The minimum Gasteiger partial charge on any atom is -0.384 e. The van der Waals surface area contributed by atoms with E-state index in [1.165, 1.54) is 0 Å². The van der Waals surface area contributed by atoms with Crippen molar-refractivity contribution >= 4 is 17.2 Å². The molecule has 0 amide bonds. The molecule has 3 aromatic carbocycles. The highest BCUT2D eigenvalue weighted by Gasteiger charge is 1.98. The predicted molar refractivity (Wildman–Crippen MR) is 104 cm³/mol. The van der Waals surface area contributed by atoms with Crippen LogP contribution < -0.4 is 11.2 Å². The monoisotopic (exact) mass is 331 g/mol. The molecule has 0 aliphatic carbocycles. The molecule has 0 aromatic heterocycles. The van der Waals surface area contributed by atoms with Gasteiger partial charge in [0.05, 0.1) is 11.4 Å². The fourth-order valence-corrected chi connectivity index (χ4v) is 2.25. The van der Waals surface area contributed by atoms with Crippen LogP contribution in [0.5, 0.6) is 0 Å². The van der Waals surface area contributed by atoms with Crippen molar-refractivity contribution in [3.8, 4) is 11.1 Å². The Labute approximate surface area is 147 Å². The molecule has 126 valence electrons. The Hall–Kier alpha value is -3.47. The molecule has 0 fully saturated rings. The number of rotatable bonds is 5. The van der Waals surface area contributed by atoms with Crippen LogP contribution in [0.25, 0.3) is 11.1 Å². The van der Waals surface area contributed by atoms with E-state index in [9.17, 15) is 0 Å². The van der Waals surface area contributed by atoms with Gasteiger partial charge in [0.1, 0.15) is 5.84 Å². The lowest BCUT2D eigenvalue weighted by Crippen LogP contribution is -2.10. The standard InChI is InChI=1S/C19H17N5.CH4/c20-19(21)15-9-11-17(12-10-15)22-24-23-18-8-4-7-16(13-18)14-5-2-1-3-6-14;/h1-13H,(H3,20,21)(H,22,23);1H4. The van der Waals surface area contributed by atoms with E-state index in [4.69, 9.17) is 11.1 Å². The fourth-order valence-electron chi connectivity index (χ4n) is 2.25. The zero-order chi connectivity index (χ0) is 16.8. The first kappa shape index (κ1) is 17.9. The van der Waals surface area contributed by atoms with E-state index in [1.807, 2.05) is 36.4 Å². The molecule has 25 heavy (non-hydrogen) atoms. The van der Waals surface area contributed by atoms with Crippen molar-refractivity contribution in [2.45, 2.75) is 7.43 Å². The van der Waals surface area contributed by atoms with Gasteiger partial charge in [0.25, 0.3) is 0 Å². The minimum absolute atomic E-state index is 0. The van der Waals surface area contributed by atoms with Crippen LogP contribution in [0.2, 0.25) is 0 Å². The lowest BCUT2D eigenvalue weighted by Gasteiger charge is -2.04. The van der Waals surface area contributed by atoms with E-state index in [0.717, 1.165) is 16.8 Å². The number of nitrogens with one attached hydrogen (secondary N) is 2. The van der Waals surface area contributed by atoms with Crippen molar-refractivity contribution < 1.29 is 0 Å². The predicted octanol–water partition coefficient (Wildman–Crippen LogP) is 5.38. The van der Waals surface area contributed by atoms with Crippen molar-refractivity contribution in [3.63, 3.8) is 0 Å². The Morgan fingerprint density at radius 1 is 0.840 bits per heavy atom. The molecule has 0 aliphatic rings. The lowest BCUT2D eigenvalue weighted by atomic mass is 10.1. The highest BCUT2D eigenvalue weighted by molar-refractivity contribution is 5.95. The molecule has 5 nitrogen and oxygen atoms in total. The molecule has 0 unspecified atom stereocenters. The van der Waals surface area contributed by atoms with Gasteiger partial charge in [-0.05, 0) is 47.5 Å². The van der Waals surface area contributed by atoms with Gasteiger partial charge in [-0.1, -0.05) is 55.1 Å². The number of nitrogens with zero attached hydrogens (tertiary/aromatic N) is 2. The smallest absolute Gasteiger partial charge is 0.122 e. The van der Waals surface area contributed by atoms with Crippen LogP contribution in [0.15, 0.2) is 89.2 Å². The van der Waals surface area contributed by atoms with Crippen LogP contribution in [0.3, 0.4) is 0 Å². The molecule has 3 rings (SSSR count). The molecule has 0 saturated heterocycles. The summed E-state index contributed by atoms with van der Waals surface area (Å²) in [6, 6.07) is 25.2. The molecule has 3 aromatic rings. The summed E-state index contributed by atoms with van der Waals surface area (Å²) in [5, 5.41) is 15.5. The number of hydrogen-bond acceptors (Lipinski definition) is 3. The van der Waals surface area contributed by atoms with Gasteiger partial charge in [-0.25, -0.2) is 0 Å². The summed E-state index contributed by atoms with van der Waals surface area (Å²) >= 11 is 0. The molecule has 0 bridgehead atoms. The second-order valence-electron chi connectivity index (χ2n) is 5.22. The fraction of sp³-hybridized carbons (Fsp3) is 0.0500. The third kappa shape index (κ3) is 4.75. The number of hydrogen-bond donors (Lipinski definition) is 3. The van der Waals surface area contributed by atoms with Crippen LogP contribution in [-0.2, 0) is 0 Å². The normalized spacial score (nSPS) is 10.2. The Balaban J connectivity index is 0.00000225. The summed E-state index contributed by atoms with van der Waals surface area (Å²) in [7, 11) is 0. The third-order valence-corrected chi connectivity index (χ3v) is 3.49. The van der Waals surface area contributed by atoms with Gasteiger partial charge in [-0.2, -0.15) is 0 Å². The van der Waals surface area contributed by atoms with Crippen molar-refractivity contribution in [2.75, 3.05) is 5.43 Å². The van der Waals surface area contributed by atoms with Crippen molar-refractivity contribution in [2.24, 2.45) is 16.1 Å². The summed E-state index contributed by atoms with van der Waals surface area (Å²) in [5.74, 6) is 0.0364. The number of anilines is 1. The van der Waals surface area contributed by atoms with Crippen molar-refractivity contribution in [3.05, 3.63) is 84.4 Å². The molecule has 5 heteroatoms. The maximum atomic E-state index is 7.36. The highest BCUT2D eigenvalue weighted by Crippen LogP contribution is 2.22. The lowest BCUT2D eigenvalue weighted by molar-refractivity contribution is 1.13. The zero-order valence-corrected chi connectivity index (χ0v) is 13.0. The van der Waals surface area contributed by atoms with Crippen molar-refractivity contribution in [1.29, 1.82) is 5.41 Å². The van der Waals surface area contributed by atoms with Crippen LogP contribution >= 0.6 is 0 Å². The summed E-state index contributed by atoms with van der Waals surface area (Å²) in [6.45, 7) is 0. The summed E-state index contributed by atoms with van der Waals surface area (Å²) in [4.78, 5) is 0. The maximum Gasteiger partial charge on any atom is 0.122 e. The zero-order valence-electron chi connectivity index (χ0n) is 13.0. The Morgan fingerprint density at radius 2 is 1.52 bits per heavy atom. The van der Waals surface area contributed by atoms with E-state index < -0.39 is 0 Å². The third-order valence-electron chi connectivity index (χ3n) is 3.49. The van der Waals surface area contributed by atoms with Gasteiger partial charge in [0.2, 0.25) is 0 Å². The van der Waals surface area contributed by atoms with Crippen molar-refractivity contribution in [1.82, 2.24) is 0 Å². The van der Waals surface area contributed by atoms with Gasteiger partial charge >= 0.3 is 0 Å². The van der Waals surface area contributed by atoms with Gasteiger partial charge in [0.15, 0.2) is 0 Å². The first-order valence-electron chi connectivity index (χ1n) is 7.49. The summed E-state index contributed by atoms with van der Waals surface area (Å²) in [5.41, 5.74) is 12.8. The summed E-state index contributed by atoms with van der Waals surface area (Å²) < 4.78 is 0. The number of nitrogen functional groups attached to an aromatic ring is 1. The molecule has 0 saturated carbocycles. The Bertz CT molecular complexity index is 855. The second kappa shape index (κ2) is 8.40. The van der Waals surface area contributed by atoms with Crippen LogP contribution in [0, 0.1) is 5.41 Å². The Kier molecular flexibility index (Phi) is 6.01. The number of nitrogens with two attached hydrogens (primary N) is 1. The van der Waals surface area contributed by atoms with Gasteiger partial charge < -0.3 is 5.73 Å². The molecule has 0 atom stereocenters. The average molecular weight is 331 g/mol. The van der Waals surface area contributed by atoms with E-state index in [-0.39, 0.29) is 13.3 Å². The Morgan fingerprint density at radius 3 is 2.20 bits per heavy atom. The SMILES string of the molecule is C.N=C(N)c1ccc(N=NNc2cccc(-c3ccccc3)c2)cc1.